The summed E-state index contributed by atoms with van der Waals surface area (Å²) < 4.78 is 63.5. The monoisotopic (exact) mass is 224 g/mol. The third-order valence-electron chi connectivity index (χ3n) is 1.55. The summed E-state index contributed by atoms with van der Waals surface area (Å²) in [5, 5.41) is 1.85. The van der Waals surface area contributed by atoms with Crippen molar-refractivity contribution < 1.29 is 22.0 Å². The molecular formula is C8H5F5N2. The highest BCUT2D eigenvalue weighted by molar-refractivity contribution is 5.76. The second-order valence-electron chi connectivity index (χ2n) is 2.48. The van der Waals surface area contributed by atoms with Crippen LogP contribution < -0.4 is 5.32 Å². The first-order valence-corrected chi connectivity index (χ1v) is 3.69. The van der Waals surface area contributed by atoms with Gasteiger partial charge in [0.15, 0.2) is 23.3 Å². The largest absolute Gasteiger partial charge is 0.342 e. The van der Waals surface area contributed by atoms with Crippen molar-refractivity contribution in [3.05, 3.63) is 29.1 Å². The fraction of sp³-hybridized carbons (Fsp3) is 0.125. The van der Waals surface area contributed by atoms with Crippen LogP contribution >= 0.6 is 0 Å². The standard InChI is InChI=1S/C8H5F5N2/c1-14-2-15-8-6(12)4(10)3(9)5(11)7(8)13/h2H,1H3,(H,14,15). The van der Waals surface area contributed by atoms with Gasteiger partial charge in [-0.15, -0.1) is 0 Å². The third kappa shape index (κ3) is 1.90. The second-order valence-corrected chi connectivity index (χ2v) is 2.48. The average molecular weight is 224 g/mol. The van der Waals surface area contributed by atoms with Crippen LogP contribution in [-0.4, -0.2) is 13.4 Å². The number of aliphatic imine (C=N–C) groups is 1. The maximum atomic E-state index is 12.9. The molecule has 0 aromatic heterocycles. The van der Waals surface area contributed by atoms with Gasteiger partial charge in [-0.1, -0.05) is 0 Å². The Kier molecular flexibility index (Phi) is 3.23. The summed E-state index contributed by atoms with van der Waals surface area (Å²) in [5.41, 5.74) is -1.13. The molecule has 2 nitrogen and oxygen atoms in total. The Labute approximate surface area is 81.4 Å². The molecule has 0 bridgehead atoms. The molecule has 15 heavy (non-hydrogen) atoms. The zero-order valence-electron chi connectivity index (χ0n) is 7.41. The Morgan fingerprint density at radius 1 is 0.867 bits per heavy atom. The molecule has 0 spiro atoms. The first-order chi connectivity index (χ1) is 7.00. The number of hydrogen-bond donors (Lipinski definition) is 1. The van der Waals surface area contributed by atoms with Crippen molar-refractivity contribution in [3.63, 3.8) is 0 Å². The number of nitrogens with zero attached hydrogens (tertiary/aromatic N) is 1. The van der Waals surface area contributed by atoms with Crippen LogP contribution in [0.3, 0.4) is 0 Å². The maximum Gasteiger partial charge on any atom is 0.200 e. The van der Waals surface area contributed by atoms with Crippen LogP contribution in [0.4, 0.5) is 27.6 Å². The highest BCUT2D eigenvalue weighted by Gasteiger charge is 2.25. The van der Waals surface area contributed by atoms with Crippen LogP contribution in [0.1, 0.15) is 0 Å². The third-order valence-corrected chi connectivity index (χ3v) is 1.55. The molecule has 82 valence electrons. The predicted molar refractivity (Wildman–Crippen MR) is 44.3 cm³/mol. The van der Waals surface area contributed by atoms with Crippen LogP contribution in [-0.2, 0) is 0 Å². The molecule has 1 rings (SSSR count). The van der Waals surface area contributed by atoms with Gasteiger partial charge < -0.3 is 5.32 Å². The van der Waals surface area contributed by atoms with E-state index in [0.717, 1.165) is 6.34 Å². The lowest BCUT2D eigenvalue weighted by Crippen LogP contribution is -2.08. The van der Waals surface area contributed by atoms with Gasteiger partial charge in [-0.2, -0.15) is 0 Å². The summed E-state index contributed by atoms with van der Waals surface area (Å²) in [5.74, 6) is -10.0. The van der Waals surface area contributed by atoms with Gasteiger partial charge in [0.1, 0.15) is 5.69 Å². The quantitative estimate of drug-likeness (QED) is 0.269. The van der Waals surface area contributed by atoms with Crippen LogP contribution in [0.5, 0.6) is 0 Å². The van der Waals surface area contributed by atoms with E-state index in [9.17, 15) is 22.0 Å². The molecule has 0 saturated carbocycles. The fourth-order valence-electron chi connectivity index (χ4n) is 0.861. The van der Waals surface area contributed by atoms with Gasteiger partial charge in [0.05, 0.1) is 6.34 Å². The van der Waals surface area contributed by atoms with E-state index in [0.29, 0.717) is 0 Å². The van der Waals surface area contributed by atoms with E-state index in [1.807, 2.05) is 5.32 Å². The molecule has 0 aliphatic rings. The summed E-state index contributed by atoms with van der Waals surface area (Å²) in [7, 11) is 1.26. The lowest BCUT2D eigenvalue weighted by Gasteiger charge is -2.06. The zero-order chi connectivity index (χ0) is 11.6. The molecule has 0 fully saturated rings. The smallest absolute Gasteiger partial charge is 0.200 e. The zero-order valence-corrected chi connectivity index (χ0v) is 7.41. The van der Waals surface area contributed by atoms with Crippen molar-refractivity contribution in [2.24, 2.45) is 4.99 Å². The number of hydrogen-bond acceptors (Lipinski definition) is 1. The Hall–Kier alpha value is -1.66. The number of nitrogens with one attached hydrogen (secondary N) is 1. The lowest BCUT2D eigenvalue weighted by atomic mass is 10.2. The summed E-state index contributed by atoms with van der Waals surface area (Å²) in [6, 6.07) is 0. The first-order valence-electron chi connectivity index (χ1n) is 3.69. The molecule has 0 aliphatic heterocycles. The van der Waals surface area contributed by atoms with Gasteiger partial charge >= 0.3 is 0 Å². The van der Waals surface area contributed by atoms with Crippen molar-refractivity contribution in [1.82, 2.24) is 0 Å². The van der Waals surface area contributed by atoms with Gasteiger partial charge in [-0.25, -0.2) is 22.0 Å². The molecule has 0 atom stereocenters. The molecule has 1 aromatic carbocycles. The van der Waals surface area contributed by atoms with E-state index in [-0.39, 0.29) is 0 Å². The second kappa shape index (κ2) is 4.24. The normalized spacial score (nSPS) is 11.1. The van der Waals surface area contributed by atoms with Crippen molar-refractivity contribution in [2.45, 2.75) is 0 Å². The summed E-state index contributed by atoms with van der Waals surface area (Å²) in [6.07, 6.45) is 0.804. The SMILES string of the molecule is CN=CNc1c(F)c(F)c(F)c(F)c1F. The number of anilines is 1. The van der Waals surface area contributed by atoms with E-state index in [1.54, 1.807) is 0 Å². The van der Waals surface area contributed by atoms with E-state index in [2.05, 4.69) is 4.99 Å². The maximum absolute atomic E-state index is 12.9. The highest BCUT2D eigenvalue weighted by Crippen LogP contribution is 2.26. The van der Waals surface area contributed by atoms with Gasteiger partial charge in [0.25, 0.3) is 0 Å². The van der Waals surface area contributed by atoms with E-state index in [1.165, 1.54) is 7.05 Å². The van der Waals surface area contributed by atoms with Crippen LogP contribution in [0.2, 0.25) is 0 Å². The fourth-order valence-corrected chi connectivity index (χ4v) is 0.861. The molecule has 0 heterocycles. The minimum atomic E-state index is -2.19. The van der Waals surface area contributed by atoms with Crippen LogP contribution in [0.25, 0.3) is 0 Å². The minimum Gasteiger partial charge on any atom is -0.342 e. The topological polar surface area (TPSA) is 24.4 Å². The Bertz CT molecular complexity index is 387. The number of benzene rings is 1. The first kappa shape index (κ1) is 11.4. The van der Waals surface area contributed by atoms with E-state index >= 15 is 0 Å². The summed E-state index contributed by atoms with van der Waals surface area (Å²) >= 11 is 0. The van der Waals surface area contributed by atoms with Crippen molar-refractivity contribution in [2.75, 3.05) is 12.4 Å². The molecule has 1 aromatic rings. The molecule has 1 N–H and O–H groups in total. The van der Waals surface area contributed by atoms with Gasteiger partial charge in [-0.3, -0.25) is 4.99 Å². The molecule has 0 aliphatic carbocycles. The van der Waals surface area contributed by atoms with Gasteiger partial charge in [-0.05, 0) is 0 Å². The highest BCUT2D eigenvalue weighted by atomic mass is 19.2. The molecule has 0 amide bonds. The molecule has 7 heteroatoms. The Morgan fingerprint density at radius 3 is 1.67 bits per heavy atom. The number of rotatable bonds is 2. The van der Waals surface area contributed by atoms with Crippen molar-refractivity contribution in [3.8, 4) is 0 Å². The van der Waals surface area contributed by atoms with Crippen molar-refractivity contribution in [1.29, 1.82) is 0 Å². The Balaban J connectivity index is 3.38. The predicted octanol–water partition coefficient (Wildman–Crippen LogP) is 2.45. The summed E-state index contributed by atoms with van der Waals surface area (Å²) in [4.78, 5) is 3.29. The lowest BCUT2D eigenvalue weighted by molar-refractivity contribution is 0.382. The number of halogens is 5. The van der Waals surface area contributed by atoms with Crippen LogP contribution in [0, 0.1) is 29.1 Å². The van der Waals surface area contributed by atoms with E-state index in [4.69, 9.17) is 0 Å². The van der Waals surface area contributed by atoms with Gasteiger partial charge in [0, 0.05) is 7.05 Å². The van der Waals surface area contributed by atoms with Gasteiger partial charge in [0.2, 0.25) is 5.82 Å². The average Bonchev–Trinajstić information content (AvgIpc) is 2.24. The van der Waals surface area contributed by atoms with Crippen LogP contribution in [0.15, 0.2) is 4.99 Å². The molecular weight excluding hydrogens is 219 g/mol. The summed E-state index contributed by atoms with van der Waals surface area (Å²) in [6.45, 7) is 0. The molecule has 0 unspecified atom stereocenters. The molecule has 0 radical (unpaired) electrons. The molecule has 0 saturated heterocycles. The van der Waals surface area contributed by atoms with Crippen molar-refractivity contribution >= 4 is 12.0 Å². The Morgan fingerprint density at radius 2 is 1.27 bits per heavy atom. The minimum absolute atomic E-state index is 0.804. The van der Waals surface area contributed by atoms with E-state index < -0.39 is 34.8 Å².